The largest absolute Gasteiger partial charge is 0.448 e. The molecule has 1 N–H and O–H groups in total. The summed E-state index contributed by atoms with van der Waals surface area (Å²) in [5.74, 6) is 0.785. The Morgan fingerprint density at radius 3 is 2.48 bits per heavy atom. The zero-order valence-electron chi connectivity index (χ0n) is 18.1. The maximum atomic E-state index is 12.9. The van der Waals surface area contributed by atoms with E-state index in [1.54, 1.807) is 28.4 Å². The standard InChI is InChI=1S/C25H24N4O3S/c30-23(26-16-18-6-2-1-3-7-18)17-28-12-14-29(15-13-28)25(31)21-11-10-20(32-21)24-27-19-8-4-5-9-22(19)33-24/h1-11H,12-17H2,(H,26,30). The summed E-state index contributed by atoms with van der Waals surface area (Å²) in [4.78, 5) is 33.6. The van der Waals surface area contributed by atoms with Crippen molar-refractivity contribution in [3.8, 4) is 10.8 Å². The van der Waals surface area contributed by atoms with Crippen molar-refractivity contribution >= 4 is 33.4 Å². The molecule has 168 valence electrons. The summed E-state index contributed by atoms with van der Waals surface area (Å²) in [6.45, 7) is 3.26. The quantitative estimate of drug-likeness (QED) is 0.475. The summed E-state index contributed by atoms with van der Waals surface area (Å²) in [5.41, 5.74) is 2.00. The number of nitrogens with zero attached hydrogens (tertiary/aromatic N) is 3. The van der Waals surface area contributed by atoms with Crippen LogP contribution in [0.5, 0.6) is 0 Å². The molecule has 8 heteroatoms. The van der Waals surface area contributed by atoms with Crippen LogP contribution >= 0.6 is 11.3 Å². The maximum absolute atomic E-state index is 12.9. The van der Waals surface area contributed by atoms with Crippen LogP contribution in [-0.4, -0.2) is 59.3 Å². The van der Waals surface area contributed by atoms with E-state index in [4.69, 9.17) is 4.42 Å². The van der Waals surface area contributed by atoms with Crippen molar-refractivity contribution in [1.82, 2.24) is 20.1 Å². The van der Waals surface area contributed by atoms with Crippen LogP contribution in [-0.2, 0) is 11.3 Å². The van der Waals surface area contributed by atoms with E-state index in [0.29, 0.717) is 50.8 Å². The topological polar surface area (TPSA) is 78.7 Å². The van der Waals surface area contributed by atoms with E-state index in [2.05, 4.69) is 15.2 Å². The number of piperazine rings is 1. The van der Waals surface area contributed by atoms with E-state index < -0.39 is 0 Å². The predicted molar refractivity (Wildman–Crippen MR) is 128 cm³/mol. The van der Waals surface area contributed by atoms with E-state index in [0.717, 1.165) is 20.8 Å². The Balaban J connectivity index is 1.13. The summed E-state index contributed by atoms with van der Waals surface area (Å²) >= 11 is 1.55. The Labute approximate surface area is 195 Å². The van der Waals surface area contributed by atoms with Gasteiger partial charge in [-0.15, -0.1) is 11.3 Å². The van der Waals surface area contributed by atoms with Crippen LogP contribution in [0.15, 0.2) is 71.1 Å². The van der Waals surface area contributed by atoms with Gasteiger partial charge in [0.15, 0.2) is 16.5 Å². The minimum absolute atomic E-state index is 0.00913. The lowest BCUT2D eigenvalue weighted by atomic mass is 10.2. The highest BCUT2D eigenvalue weighted by Crippen LogP contribution is 2.31. The summed E-state index contributed by atoms with van der Waals surface area (Å²) in [6, 6.07) is 21.3. The number of aromatic nitrogens is 1. The van der Waals surface area contributed by atoms with Gasteiger partial charge in [0.2, 0.25) is 5.91 Å². The van der Waals surface area contributed by atoms with Crippen molar-refractivity contribution in [3.05, 3.63) is 78.1 Å². The van der Waals surface area contributed by atoms with Crippen molar-refractivity contribution in [2.45, 2.75) is 6.54 Å². The highest BCUT2D eigenvalue weighted by molar-refractivity contribution is 7.21. The van der Waals surface area contributed by atoms with E-state index >= 15 is 0 Å². The van der Waals surface area contributed by atoms with Gasteiger partial charge in [-0.1, -0.05) is 42.5 Å². The lowest BCUT2D eigenvalue weighted by Crippen LogP contribution is -2.51. The molecule has 0 unspecified atom stereocenters. The van der Waals surface area contributed by atoms with Gasteiger partial charge in [-0.2, -0.15) is 0 Å². The SMILES string of the molecule is O=C(CN1CCN(C(=O)c2ccc(-c3nc4ccccc4s3)o2)CC1)NCc1ccccc1. The van der Waals surface area contributed by atoms with Gasteiger partial charge in [0.25, 0.3) is 5.91 Å². The molecule has 33 heavy (non-hydrogen) atoms. The third kappa shape index (κ3) is 4.97. The van der Waals surface area contributed by atoms with E-state index in [9.17, 15) is 9.59 Å². The molecule has 0 saturated carbocycles. The van der Waals surface area contributed by atoms with Crippen LogP contribution in [0, 0.1) is 0 Å². The fourth-order valence-corrected chi connectivity index (χ4v) is 4.79. The Morgan fingerprint density at radius 1 is 0.939 bits per heavy atom. The monoisotopic (exact) mass is 460 g/mol. The van der Waals surface area contributed by atoms with Gasteiger partial charge in [-0.25, -0.2) is 4.98 Å². The number of hydrogen-bond donors (Lipinski definition) is 1. The Bertz CT molecular complexity index is 1230. The van der Waals surface area contributed by atoms with Crippen molar-refractivity contribution in [1.29, 1.82) is 0 Å². The lowest BCUT2D eigenvalue weighted by molar-refractivity contribution is -0.122. The number of nitrogens with one attached hydrogen (secondary N) is 1. The van der Waals surface area contributed by atoms with Crippen LogP contribution in [0.1, 0.15) is 16.1 Å². The molecular formula is C25H24N4O3S. The first-order chi connectivity index (χ1) is 16.2. The molecule has 2 aromatic heterocycles. The van der Waals surface area contributed by atoms with Crippen molar-refractivity contribution in [2.24, 2.45) is 0 Å². The van der Waals surface area contributed by atoms with E-state index in [-0.39, 0.29) is 11.8 Å². The lowest BCUT2D eigenvalue weighted by Gasteiger charge is -2.33. The fourth-order valence-electron chi connectivity index (χ4n) is 3.87. The fraction of sp³-hybridized carbons (Fsp3) is 0.240. The average molecular weight is 461 g/mol. The Hall–Kier alpha value is -3.49. The molecule has 2 aromatic carbocycles. The van der Waals surface area contributed by atoms with Crippen LogP contribution in [0.3, 0.4) is 0 Å². The molecule has 1 saturated heterocycles. The van der Waals surface area contributed by atoms with Crippen LogP contribution in [0.25, 0.3) is 21.0 Å². The Kier molecular flexibility index (Phi) is 6.19. The first-order valence-corrected chi connectivity index (χ1v) is 11.8. The van der Waals surface area contributed by atoms with Gasteiger partial charge in [0, 0.05) is 32.7 Å². The molecule has 0 aliphatic carbocycles. The summed E-state index contributed by atoms with van der Waals surface area (Å²) in [7, 11) is 0. The normalized spacial score (nSPS) is 14.5. The highest BCUT2D eigenvalue weighted by Gasteiger charge is 2.25. The molecule has 3 heterocycles. The van der Waals surface area contributed by atoms with Crippen LogP contribution < -0.4 is 5.32 Å². The number of para-hydroxylation sites is 1. The van der Waals surface area contributed by atoms with E-state index in [1.165, 1.54) is 0 Å². The van der Waals surface area contributed by atoms with Crippen molar-refractivity contribution in [2.75, 3.05) is 32.7 Å². The van der Waals surface area contributed by atoms with Gasteiger partial charge in [0.1, 0.15) is 0 Å². The molecule has 2 amide bonds. The van der Waals surface area contributed by atoms with Gasteiger partial charge in [-0.3, -0.25) is 14.5 Å². The number of thiazole rings is 1. The molecule has 4 aromatic rings. The zero-order valence-corrected chi connectivity index (χ0v) is 18.9. The minimum Gasteiger partial charge on any atom is -0.448 e. The number of fused-ring (bicyclic) bond motifs is 1. The van der Waals surface area contributed by atoms with E-state index in [1.807, 2.05) is 54.6 Å². The van der Waals surface area contributed by atoms with Crippen LogP contribution in [0.4, 0.5) is 0 Å². The predicted octanol–water partition coefficient (Wildman–Crippen LogP) is 3.63. The first-order valence-electron chi connectivity index (χ1n) is 10.9. The van der Waals surface area contributed by atoms with Crippen molar-refractivity contribution in [3.63, 3.8) is 0 Å². The second-order valence-corrected chi connectivity index (χ2v) is 9.01. The maximum Gasteiger partial charge on any atom is 0.289 e. The van der Waals surface area contributed by atoms with Gasteiger partial charge >= 0.3 is 0 Å². The number of hydrogen-bond acceptors (Lipinski definition) is 6. The zero-order chi connectivity index (χ0) is 22.6. The highest BCUT2D eigenvalue weighted by atomic mass is 32.1. The molecule has 0 bridgehead atoms. The third-order valence-electron chi connectivity index (χ3n) is 5.68. The van der Waals surface area contributed by atoms with Gasteiger partial charge < -0.3 is 14.6 Å². The molecule has 5 rings (SSSR count). The number of benzene rings is 2. The number of carbonyl (C=O) groups excluding carboxylic acids is 2. The van der Waals surface area contributed by atoms with Crippen molar-refractivity contribution < 1.29 is 14.0 Å². The molecule has 1 fully saturated rings. The van der Waals surface area contributed by atoms with Gasteiger partial charge in [0.05, 0.1) is 16.8 Å². The summed E-state index contributed by atoms with van der Waals surface area (Å²) in [6.07, 6.45) is 0. The molecule has 0 atom stereocenters. The molecule has 7 nitrogen and oxygen atoms in total. The Morgan fingerprint density at radius 2 is 1.70 bits per heavy atom. The second-order valence-electron chi connectivity index (χ2n) is 7.98. The number of rotatable bonds is 6. The number of furan rings is 1. The number of amides is 2. The second kappa shape index (κ2) is 9.56. The summed E-state index contributed by atoms with van der Waals surface area (Å²) in [5, 5.41) is 3.72. The molecule has 1 aliphatic heterocycles. The summed E-state index contributed by atoms with van der Waals surface area (Å²) < 4.78 is 6.94. The molecule has 0 radical (unpaired) electrons. The average Bonchev–Trinajstić information content (AvgIpc) is 3.51. The number of carbonyl (C=O) groups is 2. The first kappa shape index (κ1) is 21.4. The molecule has 1 aliphatic rings. The minimum atomic E-state index is -0.129. The van der Waals surface area contributed by atoms with Crippen LogP contribution in [0.2, 0.25) is 0 Å². The molecule has 0 spiro atoms. The smallest absolute Gasteiger partial charge is 0.289 e. The van der Waals surface area contributed by atoms with Gasteiger partial charge in [-0.05, 0) is 29.8 Å². The third-order valence-corrected chi connectivity index (χ3v) is 6.73. The molecular weight excluding hydrogens is 436 g/mol.